The van der Waals surface area contributed by atoms with Crippen molar-refractivity contribution in [1.29, 1.82) is 0 Å². The molecule has 0 bridgehead atoms. The van der Waals surface area contributed by atoms with Gasteiger partial charge in [0.25, 0.3) is 5.91 Å². The molecule has 158 valence electrons. The first-order valence-corrected chi connectivity index (χ1v) is 10.6. The van der Waals surface area contributed by atoms with Crippen LogP contribution >= 0.6 is 0 Å². The predicted octanol–water partition coefficient (Wildman–Crippen LogP) is 3.80. The fourth-order valence-corrected chi connectivity index (χ4v) is 4.31. The number of benzene rings is 1. The van der Waals surface area contributed by atoms with Gasteiger partial charge in [-0.15, -0.1) is 0 Å². The normalized spacial score (nSPS) is 17.5. The minimum absolute atomic E-state index is 0.00154. The van der Waals surface area contributed by atoms with Gasteiger partial charge in [-0.2, -0.15) is 0 Å². The number of nitrogens with zero attached hydrogens (tertiary/aromatic N) is 4. The monoisotopic (exact) mass is 406 g/mol. The van der Waals surface area contributed by atoms with Crippen molar-refractivity contribution in [3.05, 3.63) is 64.2 Å². The van der Waals surface area contributed by atoms with Gasteiger partial charge in [-0.3, -0.25) is 13.9 Å². The van der Waals surface area contributed by atoms with E-state index in [9.17, 15) is 9.59 Å². The third-order valence-corrected chi connectivity index (χ3v) is 5.78. The summed E-state index contributed by atoms with van der Waals surface area (Å²) in [5.41, 5.74) is 3.23. The van der Waals surface area contributed by atoms with E-state index >= 15 is 0 Å². The molecule has 0 saturated carbocycles. The molecule has 1 atom stereocenters. The van der Waals surface area contributed by atoms with Gasteiger partial charge >= 0.3 is 5.69 Å². The lowest BCUT2D eigenvalue weighted by molar-refractivity contribution is 0.0706. The molecule has 1 aliphatic heterocycles. The first-order valence-electron chi connectivity index (χ1n) is 10.6. The number of carbonyl (C=O) groups is 1. The molecule has 1 fully saturated rings. The van der Waals surface area contributed by atoms with Crippen LogP contribution in [0.5, 0.6) is 0 Å². The molecule has 1 unspecified atom stereocenters. The Morgan fingerprint density at radius 3 is 2.57 bits per heavy atom. The van der Waals surface area contributed by atoms with Crippen LogP contribution in [0.4, 0.5) is 0 Å². The van der Waals surface area contributed by atoms with Crippen LogP contribution in [-0.2, 0) is 13.6 Å². The van der Waals surface area contributed by atoms with E-state index in [1.54, 1.807) is 11.6 Å². The quantitative estimate of drug-likeness (QED) is 0.665. The van der Waals surface area contributed by atoms with Crippen LogP contribution in [0.25, 0.3) is 11.2 Å². The number of amides is 1. The van der Waals surface area contributed by atoms with Gasteiger partial charge < -0.3 is 4.90 Å². The highest BCUT2D eigenvalue weighted by Crippen LogP contribution is 2.28. The Kier molecular flexibility index (Phi) is 5.26. The second kappa shape index (κ2) is 7.74. The van der Waals surface area contributed by atoms with Gasteiger partial charge in [0, 0.05) is 43.9 Å². The minimum Gasteiger partial charge on any atom is -0.338 e. The van der Waals surface area contributed by atoms with Crippen molar-refractivity contribution >= 4 is 17.1 Å². The summed E-state index contributed by atoms with van der Waals surface area (Å²) in [5, 5.41) is 0. The summed E-state index contributed by atoms with van der Waals surface area (Å²) in [4.78, 5) is 32.5. The average Bonchev–Trinajstić information content (AvgIpc) is 2.97. The Morgan fingerprint density at radius 1 is 1.13 bits per heavy atom. The molecule has 0 aliphatic carbocycles. The van der Waals surface area contributed by atoms with E-state index in [0.29, 0.717) is 18.7 Å². The molecule has 2 aromatic heterocycles. The highest BCUT2D eigenvalue weighted by Gasteiger charge is 2.27. The van der Waals surface area contributed by atoms with E-state index in [0.717, 1.165) is 36.2 Å². The van der Waals surface area contributed by atoms with E-state index in [1.165, 1.54) is 0 Å². The standard InChI is InChI=1S/C24H30N4O2/c1-24(2,3)16-28-20-13-12-19(25-21(20)26(4)23(28)30)18-11-8-14-27(15-18)22(29)17-9-6-5-7-10-17/h5-7,9-10,12-13,18H,8,11,14-16H2,1-4H3. The zero-order chi connectivity index (χ0) is 21.5. The van der Waals surface area contributed by atoms with Crippen LogP contribution in [0.2, 0.25) is 0 Å². The summed E-state index contributed by atoms with van der Waals surface area (Å²) in [5.74, 6) is 0.252. The number of hydrogen-bond donors (Lipinski definition) is 0. The Hall–Kier alpha value is -2.89. The fraction of sp³-hybridized carbons (Fsp3) is 0.458. The van der Waals surface area contributed by atoms with E-state index in [1.807, 2.05) is 51.9 Å². The fourth-order valence-electron chi connectivity index (χ4n) is 4.31. The van der Waals surface area contributed by atoms with Crippen LogP contribution in [0.15, 0.2) is 47.3 Å². The number of pyridine rings is 1. The predicted molar refractivity (Wildman–Crippen MR) is 119 cm³/mol. The van der Waals surface area contributed by atoms with Gasteiger partial charge in [0.1, 0.15) is 0 Å². The summed E-state index contributed by atoms with van der Waals surface area (Å²) in [6.45, 7) is 8.45. The van der Waals surface area contributed by atoms with E-state index in [-0.39, 0.29) is 22.9 Å². The molecule has 6 nitrogen and oxygen atoms in total. The topological polar surface area (TPSA) is 60.1 Å². The highest BCUT2D eigenvalue weighted by molar-refractivity contribution is 5.94. The number of fused-ring (bicyclic) bond motifs is 1. The van der Waals surface area contributed by atoms with Crippen LogP contribution in [-0.4, -0.2) is 38.0 Å². The highest BCUT2D eigenvalue weighted by atomic mass is 16.2. The maximum Gasteiger partial charge on any atom is 0.330 e. The smallest absolute Gasteiger partial charge is 0.330 e. The summed E-state index contributed by atoms with van der Waals surface area (Å²) in [6.07, 6.45) is 1.95. The van der Waals surface area contributed by atoms with Gasteiger partial charge in [0.05, 0.1) is 5.52 Å². The largest absolute Gasteiger partial charge is 0.338 e. The number of likely N-dealkylation sites (tertiary alicyclic amines) is 1. The number of aromatic nitrogens is 3. The minimum atomic E-state index is -0.0332. The first kappa shape index (κ1) is 20.4. The number of rotatable bonds is 3. The van der Waals surface area contributed by atoms with Crippen molar-refractivity contribution in [2.75, 3.05) is 13.1 Å². The maximum absolute atomic E-state index is 12.9. The Bertz CT molecular complexity index is 1120. The number of imidazole rings is 1. The molecule has 30 heavy (non-hydrogen) atoms. The number of hydrogen-bond acceptors (Lipinski definition) is 3. The van der Waals surface area contributed by atoms with Crippen molar-refractivity contribution in [3.63, 3.8) is 0 Å². The molecule has 1 aromatic carbocycles. The van der Waals surface area contributed by atoms with Gasteiger partial charge in [-0.1, -0.05) is 39.0 Å². The second-order valence-corrected chi connectivity index (χ2v) is 9.52. The van der Waals surface area contributed by atoms with E-state index < -0.39 is 0 Å². The zero-order valence-electron chi connectivity index (χ0n) is 18.3. The van der Waals surface area contributed by atoms with E-state index in [4.69, 9.17) is 4.98 Å². The molecule has 4 rings (SSSR count). The van der Waals surface area contributed by atoms with Crippen molar-refractivity contribution < 1.29 is 4.79 Å². The van der Waals surface area contributed by atoms with Crippen molar-refractivity contribution in [1.82, 2.24) is 19.0 Å². The number of carbonyl (C=O) groups excluding carboxylic acids is 1. The van der Waals surface area contributed by atoms with Crippen molar-refractivity contribution in [2.45, 2.75) is 46.1 Å². The molecule has 0 N–H and O–H groups in total. The van der Waals surface area contributed by atoms with Crippen LogP contribution in [0, 0.1) is 5.41 Å². The molecule has 0 radical (unpaired) electrons. The Morgan fingerprint density at radius 2 is 1.87 bits per heavy atom. The van der Waals surface area contributed by atoms with Gasteiger partial charge in [0.15, 0.2) is 5.65 Å². The van der Waals surface area contributed by atoms with Crippen LogP contribution in [0.3, 0.4) is 0 Å². The molecule has 0 spiro atoms. The SMILES string of the molecule is Cn1c(=O)n(CC(C)(C)C)c2ccc(C3CCCN(C(=O)c4ccccc4)C3)nc21. The van der Waals surface area contributed by atoms with Gasteiger partial charge in [-0.25, -0.2) is 9.78 Å². The average molecular weight is 407 g/mol. The van der Waals surface area contributed by atoms with E-state index in [2.05, 4.69) is 20.8 Å². The lowest BCUT2D eigenvalue weighted by Crippen LogP contribution is -2.39. The first-order chi connectivity index (χ1) is 14.2. The lowest BCUT2D eigenvalue weighted by atomic mass is 9.93. The molecule has 1 aliphatic rings. The molecular formula is C24H30N4O2. The molecular weight excluding hydrogens is 376 g/mol. The third-order valence-electron chi connectivity index (χ3n) is 5.78. The van der Waals surface area contributed by atoms with Crippen LogP contribution in [0.1, 0.15) is 55.6 Å². The Balaban J connectivity index is 1.62. The zero-order valence-corrected chi connectivity index (χ0v) is 18.3. The maximum atomic E-state index is 12.9. The summed E-state index contributed by atoms with van der Waals surface area (Å²) in [7, 11) is 1.78. The van der Waals surface area contributed by atoms with Crippen molar-refractivity contribution in [3.8, 4) is 0 Å². The molecule has 1 saturated heterocycles. The summed E-state index contributed by atoms with van der Waals surface area (Å²) >= 11 is 0. The van der Waals surface area contributed by atoms with Gasteiger partial charge in [-0.05, 0) is 42.5 Å². The Labute approximate surface area is 177 Å². The molecule has 3 heterocycles. The third kappa shape index (κ3) is 3.91. The second-order valence-electron chi connectivity index (χ2n) is 9.52. The molecule has 3 aromatic rings. The summed E-state index contributed by atoms with van der Waals surface area (Å²) in [6, 6.07) is 13.5. The van der Waals surface area contributed by atoms with Crippen molar-refractivity contribution in [2.24, 2.45) is 12.5 Å². The number of aryl methyl sites for hydroxylation is 1. The van der Waals surface area contributed by atoms with Crippen LogP contribution < -0.4 is 5.69 Å². The lowest BCUT2D eigenvalue weighted by Gasteiger charge is -2.32. The molecule has 6 heteroatoms. The molecule has 1 amide bonds. The van der Waals surface area contributed by atoms with Gasteiger partial charge in [0.2, 0.25) is 0 Å². The summed E-state index contributed by atoms with van der Waals surface area (Å²) < 4.78 is 3.46. The number of piperidine rings is 1.